The molecule has 1 nitrogen and oxygen atoms in total. The minimum atomic E-state index is -0.0504. The molecular formula is C26H54O. The standard InChI is InChI=1S/C26H54O/c1-5-9-17-24(18-10-6-2)21-15-13-14-16-22-26(27)23-25(19-11-7-3)20-12-8-4/h24-27H,5-23H2,1-4H3. The normalized spacial score (nSPS) is 13.0. The summed E-state index contributed by atoms with van der Waals surface area (Å²) in [6.45, 7) is 9.19. The van der Waals surface area contributed by atoms with Gasteiger partial charge in [0, 0.05) is 0 Å². The van der Waals surface area contributed by atoms with Crippen molar-refractivity contribution >= 4 is 0 Å². The Morgan fingerprint density at radius 2 is 0.815 bits per heavy atom. The summed E-state index contributed by atoms with van der Waals surface area (Å²) in [7, 11) is 0. The quantitative estimate of drug-likeness (QED) is 0.196. The van der Waals surface area contributed by atoms with Gasteiger partial charge in [-0.15, -0.1) is 0 Å². The number of rotatable bonds is 21. The van der Waals surface area contributed by atoms with Gasteiger partial charge in [-0.1, -0.05) is 137 Å². The molecule has 0 heterocycles. The molecule has 1 N–H and O–H groups in total. The summed E-state index contributed by atoms with van der Waals surface area (Å²) in [6.07, 6.45) is 25.1. The minimum absolute atomic E-state index is 0.0504. The molecule has 1 heteroatoms. The average Bonchev–Trinajstić information content (AvgIpc) is 2.67. The van der Waals surface area contributed by atoms with E-state index in [1.54, 1.807) is 0 Å². The molecule has 0 spiro atoms. The molecule has 0 fully saturated rings. The Morgan fingerprint density at radius 1 is 0.444 bits per heavy atom. The van der Waals surface area contributed by atoms with Crippen molar-refractivity contribution in [3.05, 3.63) is 0 Å². The van der Waals surface area contributed by atoms with Gasteiger partial charge in [-0.2, -0.15) is 0 Å². The first-order valence-electron chi connectivity index (χ1n) is 12.9. The van der Waals surface area contributed by atoms with E-state index in [2.05, 4.69) is 27.7 Å². The van der Waals surface area contributed by atoms with Gasteiger partial charge in [0.2, 0.25) is 0 Å². The van der Waals surface area contributed by atoms with Crippen molar-refractivity contribution in [2.75, 3.05) is 0 Å². The van der Waals surface area contributed by atoms with Crippen LogP contribution in [0.25, 0.3) is 0 Å². The maximum Gasteiger partial charge on any atom is 0.0542 e. The van der Waals surface area contributed by atoms with E-state index in [-0.39, 0.29) is 6.10 Å². The van der Waals surface area contributed by atoms with Crippen LogP contribution in [-0.4, -0.2) is 11.2 Å². The van der Waals surface area contributed by atoms with Crippen LogP contribution in [0.5, 0.6) is 0 Å². The predicted molar refractivity (Wildman–Crippen MR) is 123 cm³/mol. The molecule has 0 aliphatic heterocycles. The van der Waals surface area contributed by atoms with Gasteiger partial charge in [-0.25, -0.2) is 0 Å². The van der Waals surface area contributed by atoms with E-state index in [1.165, 1.54) is 109 Å². The summed E-state index contributed by atoms with van der Waals surface area (Å²) >= 11 is 0. The number of unbranched alkanes of at least 4 members (excludes halogenated alkanes) is 7. The fourth-order valence-corrected chi connectivity index (χ4v) is 4.45. The van der Waals surface area contributed by atoms with Gasteiger partial charge in [0.15, 0.2) is 0 Å². The number of aliphatic hydroxyl groups is 1. The Hall–Kier alpha value is -0.0400. The summed E-state index contributed by atoms with van der Waals surface area (Å²) in [5, 5.41) is 10.5. The van der Waals surface area contributed by atoms with Crippen LogP contribution in [0, 0.1) is 11.8 Å². The monoisotopic (exact) mass is 382 g/mol. The highest BCUT2D eigenvalue weighted by Crippen LogP contribution is 2.25. The Balaban J connectivity index is 3.83. The lowest BCUT2D eigenvalue weighted by molar-refractivity contribution is 0.123. The van der Waals surface area contributed by atoms with Crippen molar-refractivity contribution in [2.24, 2.45) is 11.8 Å². The molecular weight excluding hydrogens is 328 g/mol. The number of aliphatic hydroxyl groups excluding tert-OH is 1. The first-order chi connectivity index (χ1) is 13.2. The molecule has 0 saturated heterocycles. The maximum absolute atomic E-state index is 10.5. The Kier molecular flexibility index (Phi) is 20.7. The Labute approximate surface area is 173 Å². The van der Waals surface area contributed by atoms with E-state index in [9.17, 15) is 5.11 Å². The molecule has 0 amide bonds. The molecule has 27 heavy (non-hydrogen) atoms. The second-order valence-electron chi connectivity index (χ2n) is 9.18. The highest BCUT2D eigenvalue weighted by molar-refractivity contribution is 4.67. The molecule has 0 aromatic heterocycles. The molecule has 0 saturated carbocycles. The third kappa shape index (κ3) is 17.8. The molecule has 164 valence electrons. The predicted octanol–water partition coefficient (Wildman–Crippen LogP) is 9.07. The van der Waals surface area contributed by atoms with Crippen LogP contribution in [0.1, 0.15) is 150 Å². The molecule has 0 aromatic carbocycles. The van der Waals surface area contributed by atoms with Crippen LogP contribution in [0.15, 0.2) is 0 Å². The van der Waals surface area contributed by atoms with Crippen LogP contribution < -0.4 is 0 Å². The largest absolute Gasteiger partial charge is 0.393 e. The number of hydrogen-bond donors (Lipinski definition) is 1. The van der Waals surface area contributed by atoms with Crippen LogP contribution in [0.2, 0.25) is 0 Å². The Morgan fingerprint density at radius 3 is 1.26 bits per heavy atom. The topological polar surface area (TPSA) is 20.2 Å². The van der Waals surface area contributed by atoms with Crippen molar-refractivity contribution < 1.29 is 5.11 Å². The zero-order valence-corrected chi connectivity index (χ0v) is 19.6. The van der Waals surface area contributed by atoms with Crippen molar-refractivity contribution in [3.8, 4) is 0 Å². The lowest BCUT2D eigenvalue weighted by Gasteiger charge is -2.20. The third-order valence-corrected chi connectivity index (χ3v) is 6.37. The van der Waals surface area contributed by atoms with Crippen molar-refractivity contribution in [1.82, 2.24) is 0 Å². The molecule has 0 bridgehead atoms. The van der Waals surface area contributed by atoms with Crippen molar-refractivity contribution in [1.29, 1.82) is 0 Å². The molecule has 0 rings (SSSR count). The van der Waals surface area contributed by atoms with Crippen molar-refractivity contribution in [2.45, 2.75) is 156 Å². The minimum Gasteiger partial charge on any atom is -0.393 e. The molecule has 0 aromatic rings. The van der Waals surface area contributed by atoms with E-state index in [0.29, 0.717) is 0 Å². The van der Waals surface area contributed by atoms with Crippen LogP contribution >= 0.6 is 0 Å². The number of hydrogen-bond acceptors (Lipinski definition) is 1. The summed E-state index contributed by atoms with van der Waals surface area (Å²) in [5.41, 5.74) is 0. The van der Waals surface area contributed by atoms with Gasteiger partial charge in [-0.05, 0) is 24.7 Å². The van der Waals surface area contributed by atoms with E-state index in [1.807, 2.05) is 0 Å². The van der Waals surface area contributed by atoms with Gasteiger partial charge in [-0.3, -0.25) is 0 Å². The molecule has 1 atom stereocenters. The highest BCUT2D eigenvalue weighted by Gasteiger charge is 2.14. The molecule has 0 aliphatic carbocycles. The summed E-state index contributed by atoms with van der Waals surface area (Å²) in [5.74, 6) is 1.74. The smallest absolute Gasteiger partial charge is 0.0542 e. The molecule has 1 unspecified atom stereocenters. The first-order valence-corrected chi connectivity index (χ1v) is 12.9. The van der Waals surface area contributed by atoms with Crippen molar-refractivity contribution in [3.63, 3.8) is 0 Å². The zero-order chi connectivity index (χ0) is 20.2. The summed E-state index contributed by atoms with van der Waals surface area (Å²) < 4.78 is 0. The SMILES string of the molecule is CCCCC(CCCC)CCCCCCC(O)CC(CCCC)CCCC. The zero-order valence-electron chi connectivity index (χ0n) is 19.6. The van der Waals surface area contributed by atoms with E-state index < -0.39 is 0 Å². The maximum atomic E-state index is 10.5. The first kappa shape index (κ1) is 27.0. The van der Waals surface area contributed by atoms with E-state index in [0.717, 1.165) is 24.7 Å². The Bertz CT molecular complexity index is 259. The van der Waals surface area contributed by atoms with Gasteiger partial charge in [0.25, 0.3) is 0 Å². The highest BCUT2D eigenvalue weighted by atomic mass is 16.3. The van der Waals surface area contributed by atoms with Gasteiger partial charge < -0.3 is 5.11 Å². The average molecular weight is 383 g/mol. The third-order valence-electron chi connectivity index (χ3n) is 6.37. The van der Waals surface area contributed by atoms with Gasteiger partial charge in [0.1, 0.15) is 0 Å². The van der Waals surface area contributed by atoms with Crippen LogP contribution in [-0.2, 0) is 0 Å². The lowest BCUT2D eigenvalue weighted by atomic mass is 9.89. The van der Waals surface area contributed by atoms with E-state index in [4.69, 9.17) is 0 Å². The second kappa shape index (κ2) is 20.7. The van der Waals surface area contributed by atoms with Gasteiger partial charge in [0.05, 0.1) is 6.10 Å². The lowest BCUT2D eigenvalue weighted by Crippen LogP contribution is -2.14. The molecule has 0 radical (unpaired) electrons. The summed E-state index contributed by atoms with van der Waals surface area (Å²) in [4.78, 5) is 0. The second-order valence-corrected chi connectivity index (χ2v) is 9.18. The van der Waals surface area contributed by atoms with E-state index >= 15 is 0 Å². The van der Waals surface area contributed by atoms with Crippen LogP contribution in [0.3, 0.4) is 0 Å². The van der Waals surface area contributed by atoms with Crippen LogP contribution in [0.4, 0.5) is 0 Å². The fourth-order valence-electron chi connectivity index (χ4n) is 4.45. The molecule has 0 aliphatic rings. The summed E-state index contributed by atoms with van der Waals surface area (Å²) in [6, 6.07) is 0. The van der Waals surface area contributed by atoms with Gasteiger partial charge >= 0.3 is 0 Å². The fraction of sp³-hybridized carbons (Fsp3) is 1.00.